The Kier molecular flexibility index (Phi) is 4.80. The van der Waals surface area contributed by atoms with Crippen LogP contribution in [-0.2, 0) is 11.8 Å². The molecule has 26 heavy (non-hydrogen) atoms. The first-order valence-corrected chi connectivity index (χ1v) is 9.09. The number of rotatable bonds is 4. The molecule has 1 amide bonds. The number of aromatic nitrogens is 2. The van der Waals surface area contributed by atoms with Crippen molar-refractivity contribution in [2.24, 2.45) is 24.3 Å². The Morgan fingerprint density at radius 1 is 1.23 bits per heavy atom. The van der Waals surface area contributed by atoms with Crippen LogP contribution in [0, 0.1) is 24.2 Å². The van der Waals surface area contributed by atoms with E-state index in [1.807, 2.05) is 51.1 Å². The van der Waals surface area contributed by atoms with Crippen molar-refractivity contribution in [3.05, 3.63) is 56.9 Å². The van der Waals surface area contributed by atoms with Crippen LogP contribution < -0.4 is 10.9 Å². The van der Waals surface area contributed by atoms with Crippen LogP contribution in [-0.4, -0.2) is 15.3 Å². The Hall–Kier alpha value is -1.98. The summed E-state index contributed by atoms with van der Waals surface area (Å²) in [4.78, 5) is 25.6. The molecule has 1 aromatic heterocycles. The number of amides is 1. The Morgan fingerprint density at radius 2 is 1.85 bits per heavy atom. The molecule has 1 N–H and O–H groups in total. The summed E-state index contributed by atoms with van der Waals surface area (Å²) in [5.41, 5.74) is 1.22. The first kappa shape index (κ1) is 18.8. The first-order chi connectivity index (χ1) is 12.2. The maximum atomic E-state index is 12.9. The number of benzene rings is 1. The minimum Gasteiger partial charge on any atom is -0.320 e. The predicted octanol–water partition coefficient (Wildman–Crippen LogP) is 4.01. The number of carbonyl (C=O) groups excluding carboxylic acids is 1. The van der Waals surface area contributed by atoms with Gasteiger partial charge in [0.15, 0.2) is 0 Å². The second-order valence-electron chi connectivity index (χ2n) is 7.21. The summed E-state index contributed by atoms with van der Waals surface area (Å²) in [5, 5.41) is 2.82. The molecule has 1 heterocycles. The van der Waals surface area contributed by atoms with Gasteiger partial charge in [-0.15, -0.1) is 0 Å². The molecule has 0 aliphatic heterocycles. The van der Waals surface area contributed by atoms with E-state index in [0.717, 1.165) is 5.69 Å². The molecule has 7 heteroatoms. The number of allylic oxidation sites excluding steroid dienone is 1. The molecule has 5 nitrogen and oxygen atoms in total. The SMILES string of the molecule is Cc1c(NC(=O)[C@@H]2[C@@H](C=C(Cl)Cl)C2(C)C)c(=O)n(-c2ccccc2)n1C. The van der Waals surface area contributed by atoms with E-state index in [9.17, 15) is 9.59 Å². The summed E-state index contributed by atoms with van der Waals surface area (Å²) in [7, 11) is 1.79. The standard InChI is InChI=1S/C19H21Cl2N3O2/c1-11-16(18(26)24(23(11)4)12-8-6-5-7-9-12)22-17(25)15-13(10-14(20)21)19(15,2)3/h5-10,13,15H,1-4H3,(H,22,25)/t13-,15+/m1/s1. The number of hydrogen-bond donors (Lipinski definition) is 1. The van der Waals surface area contributed by atoms with Gasteiger partial charge in [-0.3, -0.25) is 14.3 Å². The zero-order valence-corrected chi connectivity index (χ0v) is 16.6. The van der Waals surface area contributed by atoms with Crippen LogP contribution in [0.2, 0.25) is 0 Å². The third kappa shape index (κ3) is 3.10. The number of carbonyl (C=O) groups is 1. The smallest absolute Gasteiger partial charge is 0.295 e. The second kappa shape index (κ2) is 6.63. The lowest BCUT2D eigenvalue weighted by atomic mass is 10.1. The molecule has 1 aliphatic rings. The van der Waals surface area contributed by atoms with Gasteiger partial charge in [-0.1, -0.05) is 55.2 Å². The van der Waals surface area contributed by atoms with Crippen LogP contribution in [0.3, 0.4) is 0 Å². The molecule has 1 fully saturated rings. The van der Waals surface area contributed by atoms with Crippen molar-refractivity contribution in [3.63, 3.8) is 0 Å². The van der Waals surface area contributed by atoms with Crippen molar-refractivity contribution >= 4 is 34.8 Å². The summed E-state index contributed by atoms with van der Waals surface area (Å²) in [6.07, 6.45) is 1.69. The molecule has 0 spiro atoms. The molecule has 0 bridgehead atoms. The molecule has 2 aromatic rings. The third-order valence-electron chi connectivity index (χ3n) is 5.30. The minimum absolute atomic E-state index is 0.0483. The minimum atomic E-state index is -0.279. The summed E-state index contributed by atoms with van der Waals surface area (Å²) >= 11 is 11.5. The maximum Gasteiger partial charge on any atom is 0.295 e. The highest BCUT2D eigenvalue weighted by Gasteiger charge is 2.60. The topological polar surface area (TPSA) is 56.0 Å². The predicted molar refractivity (Wildman–Crippen MR) is 105 cm³/mol. The largest absolute Gasteiger partial charge is 0.320 e. The lowest BCUT2D eigenvalue weighted by molar-refractivity contribution is -0.118. The Morgan fingerprint density at radius 3 is 2.42 bits per heavy atom. The van der Waals surface area contributed by atoms with Crippen molar-refractivity contribution in [2.45, 2.75) is 20.8 Å². The van der Waals surface area contributed by atoms with Gasteiger partial charge in [0, 0.05) is 7.05 Å². The monoisotopic (exact) mass is 393 g/mol. The fourth-order valence-corrected chi connectivity index (χ4v) is 3.81. The number of nitrogens with one attached hydrogen (secondary N) is 1. The van der Waals surface area contributed by atoms with Crippen LogP contribution in [0.4, 0.5) is 5.69 Å². The lowest BCUT2D eigenvalue weighted by Crippen LogP contribution is -2.24. The van der Waals surface area contributed by atoms with Gasteiger partial charge in [0.2, 0.25) is 5.91 Å². The van der Waals surface area contributed by atoms with Gasteiger partial charge in [0.1, 0.15) is 10.2 Å². The molecular weight excluding hydrogens is 373 g/mol. The van der Waals surface area contributed by atoms with E-state index < -0.39 is 0 Å². The molecule has 0 radical (unpaired) electrons. The third-order valence-corrected chi connectivity index (χ3v) is 5.55. The Labute approximate surface area is 162 Å². The number of hydrogen-bond acceptors (Lipinski definition) is 2. The van der Waals surface area contributed by atoms with Gasteiger partial charge in [-0.25, -0.2) is 4.68 Å². The van der Waals surface area contributed by atoms with E-state index >= 15 is 0 Å². The van der Waals surface area contributed by atoms with Gasteiger partial charge < -0.3 is 5.32 Å². The van der Waals surface area contributed by atoms with Crippen LogP contribution >= 0.6 is 23.2 Å². The van der Waals surface area contributed by atoms with E-state index in [2.05, 4.69) is 5.32 Å². The van der Waals surface area contributed by atoms with Crippen LogP contribution in [0.1, 0.15) is 19.5 Å². The van der Waals surface area contributed by atoms with Crippen molar-refractivity contribution in [1.82, 2.24) is 9.36 Å². The van der Waals surface area contributed by atoms with E-state index in [1.54, 1.807) is 17.8 Å². The molecular formula is C19H21Cl2N3O2. The Balaban J connectivity index is 1.92. The Bertz CT molecular complexity index is 938. The second-order valence-corrected chi connectivity index (χ2v) is 8.21. The molecule has 0 saturated heterocycles. The summed E-state index contributed by atoms with van der Waals surface area (Å²) in [6, 6.07) is 9.31. The van der Waals surface area contributed by atoms with Crippen LogP contribution in [0.5, 0.6) is 0 Å². The van der Waals surface area contributed by atoms with Crippen molar-refractivity contribution in [2.75, 3.05) is 5.32 Å². The van der Waals surface area contributed by atoms with E-state index in [1.165, 1.54) is 4.68 Å². The van der Waals surface area contributed by atoms with Gasteiger partial charge in [-0.05, 0) is 36.5 Å². The highest BCUT2D eigenvalue weighted by Crippen LogP contribution is 2.60. The normalized spacial score (nSPS) is 20.5. The summed E-state index contributed by atoms with van der Waals surface area (Å²) in [6.45, 7) is 5.77. The number of para-hydroxylation sites is 1. The summed E-state index contributed by atoms with van der Waals surface area (Å²) < 4.78 is 3.43. The molecule has 1 saturated carbocycles. The molecule has 1 aromatic carbocycles. The van der Waals surface area contributed by atoms with E-state index in [4.69, 9.17) is 23.2 Å². The van der Waals surface area contributed by atoms with Gasteiger partial charge >= 0.3 is 0 Å². The molecule has 3 rings (SSSR count). The highest BCUT2D eigenvalue weighted by molar-refractivity contribution is 6.55. The zero-order chi connectivity index (χ0) is 19.2. The maximum absolute atomic E-state index is 12.9. The first-order valence-electron chi connectivity index (χ1n) is 8.34. The molecule has 2 atom stereocenters. The fourth-order valence-electron chi connectivity index (χ4n) is 3.54. The average Bonchev–Trinajstić information content (AvgIpc) is 3.04. The van der Waals surface area contributed by atoms with Gasteiger partial charge in [0.25, 0.3) is 5.56 Å². The fraction of sp³-hybridized carbons (Fsp3) is 0.368. The molecule has 0 unspecified atom stereocenters. The number of nitrogens with zero attached hydrogens (tertiary/aromatic N) is 2. The van der Waals surface area contributed by atoms with Crippen LogP contribution in [0.25, 0.3) is 5.69 Å². The average molecular weight is 394 g/mol. The lowest BCUT2D eigenvalue weighted by Gasteiger charge is -2.07. The van der Waals surface area contributed by atoms with E-state index in [0.29, 0.717) is 11.4 Å². The van der Waals surface area contributed by atoms with Crippen molar-refractivity contribution in [3.8, 4) is 5.69 Å². The van der Waals surface area contributed by atoms with Crippen LogP contribution in [0.15, 0.2) is 45.7 Å². The number of halogens is 2. The van der Waals surface area contributed by atoms with Crippen molar-refractivity contribution < 1.29 is 4.79 Å². The number of anilines is 1. The zero-order valence-electron chi connectivity index (χ0n) is 15.1. The molecule has 138 valence electrons. The summed E-state index contributed by atoms with van der Waals surface area (Å²) in [5.74, 6) is -0.524. The van der Waals surface area contributed by atoms with Gasteiger partial charge in [-0.2, -0.15) is 0 Å². The quantitative estimate of drug-likeness (QED) is 0.852. The van der Waals surface area contributed by atoms with E-state index in [-0.39, 0.29) is 33.2 Å². The van der Waals surface area contributed by atoms with Crippen molar-refractivity contribution in [1.29, 1.82) is 0 Å². The molecule has 1 aliphatic carbocycles. The van der Waals surface area contributed by atoms with Gasteiger partial charge in [0.05, 0.1) is 17.3 Å². The highest BCUT2D eigenvalue weighted by atomic mass is 35.5.